The van der Waals surface area contributed by atoms with Gasteiger partial charge in [-0.1, -0.05) is 25.1 Å². The van der Waals surface area contributed by atoms with Gasteiger partial charge < -0.3 is 0 Å². The van der Waals surface area contributed by atoms with Crippen LogP contribution in [0.25, 0.3) is 10.9 Å². The summed E-state index contributed by atoms with van der Waals surface area (Å²) in [5.74, 6) is 0.593. The number of hydrogen-bond acceptors (Lipinski definition) is 3. The Morgan fingerprint density at radius 3 is 2.67 bits per heavy atom. The van der Waals surface area contributed by atoms with Gasteiger partial charge >= 0.3 is 10.2 Å². The van der Waals surface area contributed by atoms with E-state index in [1.165, 1.54) is 4.31 Å². The minimum atomic E-state index is -3.51. The molecule has 1 aromatic heterocycles. The fourth-order valence-electron chi connectivity index (χ4n) is 2.62. The highest BCUT2D eigenvalue weighted by molar-refractivity contribution is 7.90. The zero-order valence-electron chi connectivity index (χ0n) is 12.0. The molecular formula is C15H19N3O2S. The molecule has 0 radical (unpaired) electrons. The van der Waals surface area contributed by atoms with E-state index in [1.54, 1.807) is 12.3 Å². The molecule has 0 bridgehead atoms. The maximum absolute atomic E-state index is 12.5. The van der Waals surface area contributed by atoms with Crippen molar-refractivity contribution in [3.63, 3.8) is 0 Å². The van der Waals surface area contributed by atoms with E-state index in [0.29, 0.717) is 30.2 Å². The van der Waals surface area contributed by atoms with Crippen LogP contribution in [0.2, 0.25) is 0 Å². The van der Waals surface area contributed by atoms with E-state index in [0.717, 1.165) is 18.2 Å². The zero-order valence-corrected chi connectivity index (χ0v) is 12.8. The molecule has 0 atom stereocenters. The van der Waals surface area contributed by atoms with Crippen LogP contribution in [0.15, 0.2) is 36.5 Å². The number of anilines is 1. The summed E-state index contributed by atoms with van der Waals surface area (Å²) in [6.07, 6.45) is 3.49. The van der Waals surface area contributed by atoms with Gasteiger partial charge in [0.05, 0.1) is 11.2 Å². The molecule has 112 valence electrons. The fraction of sp³-hybridized carbons (Fsp3) is 0.400. The van der Waals surface area contributed by atoms with Crippen LogP contribution >= 0.6 is 0 Å². The van der Waals surface area contributed by atoms with E-state index in [-0.39, 0.29) is 0 Å². The second-order valence-corrected chi connectivity index (χ2v) is 7.24. The molecule has 1 aromatic carbocycles. The van der Waals surface area contributed by atoms with Crippen molar-refractivity contribution in [3.8, 4) is 0 Å². The highest BCUT2D eigenvalue weighted by Crippen LogP contribution is 2.24. The number of benzene rings is 1. The Balaban J connectivity index is 1.87. The third-order valence-corrected chi connectivity index (χ3v) is 5.48. The molecule has 0 spiro atoms. The first-order valence-electron chi connectivity index (χ1n) is 7.18. The van der Waals surface area contributed by atoms with Crippen molar-refractivity contribution >= 4 is 26.8 Å². The normalized spacial score (nSPS) is 18.0. The summed E-state index contributed by atoms with van der Waals surface area (Å²) < 4.78 is 29.2. The maximum Gasteiger partial charge on any atom is 0.301 e. The molecule has 3 rings (SSSR count). The quantitative estimate of drug-likeness (QED) is 0.948. The Hall–Kier alpha value is -1.66. The molecule has 1 aliphatic heterocycles. The minimum absolute atomic E-state index is 0.534. The molecule has 6 heteroatoms. The summed E-state index contributed by atoms with van der Waals surface area (Å²) in [4.78, 5) is 4.28. The Kier molecular flexibility index (Phi) is 3.82. The molecule has 0 amide bonds. The van der Waals surface area contributed by atoms with Gasteiger partial charge in [0.2, 0.25) is 0 Å². The predicted molar refractivity (Wildman–Crippen MR) is 84.3 cm³/mol. The number of para-hydroxylation sites is 1. The molecule has 1 aliphatic rings. The van der Waals surface area contributed by atoms with Crippen molar-refractivity contribution in [2.24, 2.45) is 5.92 Å². The molecule has 1 fully saturated rings. The SMILES string of the molecule is CC1CCN(S(=O)(=O)Nc2cccc3cccnc23)CC1. The first-order chi connectivity index (χ1) is 10.1. The number of nitrogens with zero attached hydrogens (tertiary/aromatic N) is 2. The molecule has 0 unspecified atom stereocenters. The molecule has 1 N–H and O–H groups in total. The fourth-order valence-corrected chi connectivity index (χ4v) is 3.88. The van der Waals surface area contributed by atoms with Crippen LogP contribution in [0.4, 0.5) is 5.69 Å². The lowest BCUT2D eigenvalue weighted by Gasteiger charge is -2.29. The lowest BCUT2D eigenvalue weighted by molar-refractivity contribution is 0.289. The van der Waals surface area contributed by atoms with Gasteiger partial charge in [0.1, 0.15) is 0 Å². The van der Waals surface area contributed by atoms with Crippen LogP contribution in [-0.4, -0.2) is 30.8 Å². The smallest absolute Gasteiger partial charge is 0.269 e. The molecule has 5 nitrogen and oxygen atoms in total. The van der Waals surface area contributed by atoms with Gasteiger partial charge in [-0.25, -0.2) is 0 Å². The molecule has 0 saturated carbocycles. The maximum atomic E-state index is 12.5. The number of rotatable bonds is 3. The Labute approximate surface area is 125 Å². The molecule has 2 aromatic rings. The second kappa shape index (κ2) is 5.61. The first-order valence-corrected chi connectivity index (χ1v) is 8.62. The lowest BCUT2D eigenvalue weighted by Crippen LogP contribution is -2.41. The number of hydrogen-bond donors (Lipinski definition) is 1. The van der Waals surface area contributed by atoms with Crippen molar-refractivity contribution in [1.29, 1.82) is 0 Å². The van der Waals surface area contributed by atoms with E-state index >= 15 is 0 Å². The highest BCUT2D eigenvalue weighted by atomic mass is 32.2. The van der Waals surface area contributed by atoms with Gasteiger partial charge in [-0.3, -0.25) is 9.71 Å². The van der Waals surface area contributed by atoms with Crippen LogP contribution in [0.5, 0.6) is 0 Å². The van der Waals surface area contributed by atoms with Gasteiger partial charge in [-0.15, -0.1) is 0 Å². The van der Waals surface area contributed by atoms with E-state index in [4.69, 9.17) is 0 Å². The molecule has 0 aliphatic carbocycles. The molecule has 21 heavy (non-hydrogen) atoms. The van der Waals surface area contributed by atoms with Gasteiger partial charge in [0.25, 0.3) is 0 Å². The largest absolute Gasteiger partial charge is 0.301 e. The van der Waals surface area contributed by atoms with E-state index in [2.05, 4.69) is 16.6 Å². The summed E-state index contributed by atoms with van der Waals surface area (Å²) in [7, 11) is -3.51. The number of pyridine rings is 1. The minimum Gasteiger partial charge on any atom is -0.269 e. The Morgan fingerprint density at radius 1 is 1.19 bits per heavy atom. The van der Waals surface area contributed by atoms with Crippen LogP contribution in [0.3, 0.4) is 0 Å². The number of aromatic nitrogens is 1. The van der Waals surface area contributed by atoms with E-state index < -0.39 is 10.2 Å². The first kappa shape index (κ1) is 14.3. The average molecular weight is 305 g/mol. The number of piperidine rings is 1. The van der Waals surface area contributed by atoms with Crippen LogP contribution in [-0.2, 0) is 10.2 Å². The predicted octanol–water partition coefficient (Wildman–Crippen LogP) is 2.62. The Bertz CT molecular complexity index is 732. The summed E-state index contributed by atoms with van der Waals surface area (Å²) in [6.45, 7) is 3.31. The summed E-state index contributed by atoms with van der Waals surface area (Å²) in [5.41, 5.74) is 1.21. The van der Waals surface area contributed by atoms with Crippen LogP contribution in [0.1, 0.15) is 19.8 Å². The third-order valence-electron chi connectivity index (χ3n) is 3.95. The lowest BCUT2D eigenvalue weighted by atomic mass is 10.0. The highest BCUT2D eigenvalue weighted by Gasteiger charge is 2.26. The second-order valence-electron chi connectivity index (χ2n) is 5.57. The van der Waals surface area contributed by atoms with Crippen molar-refractivity contribution in [2.45, 2.75) is 19.8 Å². The van der Waals surface area contributed by atoms with Gasteiger partial charge in [-0.2, -0.15) is 12.7 Å². The third kappa shape index (κ3) is 3.01. The van der Waals surface area contributed by atoms with Crippen molar-refractivity contribution in [3.05, 3.63) is 36.5 Å². The van der Waals surface area contributed by atoms with Crippen molar-refractivity contribution in [1.82, 2.24) is 9.29 Å². The van der Waals surface area contributed by atoms with Gasteiger partial charge in [-0.05, 0) is 30.9 Å². The summed E-state index contributed by atoms with van der Waals surface area (Å²) in [6, 6.07) is 9.26. The van der Waals surface area contributed by atoms with E-state index in [9.17, 15) is 8.42 Å². The monoisotopic (exact) mass is 305 g/mol. The van der Waals surface area contributed by atoms with Gasteiger partial charge in [0, 0.05) is 24.7 Å². The Morgan fingerprint density at radius 2 is 1.90 bits per heavy atom. The van der Waals surface area contributed by atoms with Gasteiger partial charge in [0.15, 0.2) is 0 Å². The number of nitrogens with one attached hydrogen (secondary N) is 1. The van der Waals surface area contributed by atoms with Crippen molar-refractivity contribution < 1.29 is 8.42 Å². The topological polar surface area (TPSA) is 62.3 Å². The molecule has 1 saturated heterocycles. The molecule has 2 heterocycles. The van der Waals surface area contributed by atoms with E-state index in [1.807, 2.05) is 24.3 Å². The average Bonchev–Trinajstić information content (AvgIpc) is 2.48. The summed E-state index contributed by atoms with van der Waals surface area (Å²) in [5, 5.41) is 0.921. The molecular weight excluding hydrogens is 286 g/mol. The van der Waals surface area contributed by atoms with Crippen LogP contribution in [0, 0.1) is 5.92 Å². The van der Waals surface area contributed by atoms with Crippen LogP contribution < -0.4 is 4.72 Å². The standard InChI is InChI=1S/C15H19N3O2S/c1-12-7-10-18(11-8-12)21(19,20)17-14-6-2-4-13-5-3-9-16-15(13)14/h2-6,9,12,17H,7-8,10-11H2,1H3. The number of fused-ring (bicyclic) bond motifs is 1. The van der Waals surface area contributed by atoms with Crippen molar-refractivity contribution in [2.75, 3.05) is 17.8 Å². The zero-order chi connectivity index (χ0) is 14.9. The summed E-state index contributed by atoms with van der Waals surface area (Å²) >= 11 is 0.